The van der Waals surface area contributed by atoms with Gasteiger partial charge in [0, 0.05) is 31.8 Å². The SMILES string of the molecule is CCC(C)(C)c1ccc(OCCc2cc(COC)c(O)c(COC)c2)cc1. The highest BCUT2D eigenvalue weighted by molar-refractivity contribution is 5.43. The summed E-state index contributed by atoms with van der Waals surface area (Å²) in [7, 11) is 3.24. The number of rotatable bonds is 10. The predicted molar refractivity (Wildman–Crippen MR) is 108 cm³/mol. The van der Waals surface area contributed by atoms with Crippen LogP contribution in [0.25, 0.3) is 0 Å². The molecule has 4 heteroatoms. The van der Waals surface area contributed by atoms with Crippen LogP contribution in [-0.2, 0) is 34.5 Å². The Morgan fingerprint density at radius 3 is 1.96 bits per heavy atom. The lowest BCUT2D eigenvalue weighted by Gasteiger charge is -2.23. The minimum atomic E-state index is 0.181. The van der Waals surface area contributed by atoms with Crippen LogP contribution >= 0.6 is 0 Å². The molecule has 0 bridgehead atoms. The number of phenols is 1. The zero-order valence-electron chi connectivity index (χ0n) is 17.2. The molecule has 27 heavy (non-hydrogen) atoms. The Balaban J connectivity index is 2.02. The van der Waals surface area contributed by atoms with E-state index >= 15 is 0 Å². The molecule has 2 aromatic carbocycles. The van der Waals surface area contributed by atoms with Gasteiger partial charge in [-0.25, -0.2) is 0 Å². The van der Waals surface area contributed by atoms with Crippen LogP contribution in [0.3, 0.4) is 0 Å². The smallest absolute Gasteiger partial charge is 0.126 e. The van der Waals surface area contributed by atoms with Gasteiger partial charge in [-0.1, -0.05) is 32.9 Å². The van der Waals surface area contributed by atoms with Crippen LogP contribution in [-0.4, -0.2) is 25.9 Å². The molecule has 0 aliphatic heterocycles. The molecule has 1 N–H and O–H groups in total. The molecule has 0 aliphatic carbocycles. The molecule has 0 amide bonds. The average molecular weight is 373 g/mol. The van der Waals surface area contributed by atoms with Crippen molar-refractivity contribution < 1.29 is 19.3 Å². The largest absolute Gasteiger partial charge is 0.507 e. The highest BCUT2D eigenvalue weighted by Crippen LogP contribution is 2.29. The second kappa shape index (κ2) is 9.77. The fraction of sp³-hybridized carbons (Fsp3) is 0.478. The summed E-state index contributed by atoms with van der Waals surface area (Å²) in [5, 5.41) is 10.3. The third-order valence-corrected chi connectivity index (χ3v) is 5.11. The van der Waals surface area contributed by atoms with Crippen LogP contribution < -0.4 is 4.74 Å². The Hall–Kier alpha value is -2.04. The summed E-state index contributed by atoms with van der Waals surface area (Å²) in [6, 6.07) is 12.3. The summed E-state index contributed by atoms with van der Waals surface area (Å²) >= 11 is 0. The Kier molecular flexibility index (Phi) is 7.69. The Morgan fingerprint density at radius 1 is 0.926 bits per heavy atom. The van der Waals surface area contributed by atoms with Crippen molar-refractivity contribution in [3.63, 3.8) is 0 Å². The number of hydrogen-bond donors (Lipinski definition) is 1. The number of hydrogen-bond acceptors (Lipinski definition) is 4. The second-order valence-electron chi connectivity index (χ2n) is 7.49. The molecular weight excluding hydrogens is 340 g/mol. The molecule has 0 unspecified atom stereocenters. The second-order valence-corrected chi connectivity index (χ2v) is 7.49. The van der Waals surface area contributed by atoms with E-state index in [0.717, 1.165) is 35.3 Å². The van der Waals surface area contributed by atoms with Crippen LogP contribution in [0, 0.1) is 0 Å². The zero-order valence-corrected chi connectivity index (χ0v) is 17.2. The van der Waals surface area contributed by atoms with Crippen molar-refractivity contribution in [2.24, 2.45) is 0 Å². The van der Waals surface area contributed by atoms with Gasteiger partial charge in [-0.2, -0.15) is 0 Å². The quantitative estimate of drug-likeness (QED) is 0.638. The maximum atomic E-state index is 10.3. The van der Waals surface area contributed by atoms with Crippen molar-refractivity contribution in [3.8, 4) is 11.5 Å². The number of aromatic hydroxyl groups is 1. The third kappa shape index (κ3) is 5.72. The third-order valence-electron chi connectivity index (χ3n) is 5.11. The molecular formula is C23H32O4. The predicted octanol–water partition coefficient (Wildman–Crippen LogP) is 4.99. The van der Waals surface area contributed by atoms with Crippen LogP contribution in [0.5, 0.6) is 11.5 Å². The first-order valence-corrected chi connectivity index (χ1v) is 9.46. The minimum absolute atomic E-state index is 0.181. The molecule has 0 fully saturated rings. The molecule has 0 atom stereocenters. The maximum Gasteiger partial charge on any atom is 0.126 e. The molecule has 0 aromatic heterocycles. The standard InChI is InChI=1S/C23H32O4/c1-6-23(2,3)20-7-9-21(10-8-20)27-12-11-17-13-18(15-25-4)22(24)19(14-17)16-26-5/h7-10,13-14,24H,6,11-12,15-16H2,1-5H3. The minimum Gasteiger partial charge on any atom is -0.507 e. The van der Waals surface area contributed by atoms with Gasteiger partial charge in [0.25, 0.3) is 0 Å². The van der Waals surface area contributed by atoms with Gasteiger partial charge < -0.3 is 19.3 Å². The van der Waals surface area contributed by atoms with Crippen molar-refractivity contribution in [2.45, 2.75) is 52.2 Å². The van der Waals surface area contributed by atoms with Gasteiger partial charge in [-0.05, 0) is 47.2 Å². The monoisotopic (exact) mass is 372 g/mol. The van der Waals surface area contributed by atoms with Crippen molar-refractivity contribution in [1.29, 1.82) is 0 Å². The molecule has 0 spiro atoms. The normalized spacial score (nSPS) is 11.6. The van der Waals surface area contributed by atoms with Gasteiger partial charge >= 0.3 is 0 Å². The molecule has 2 aromatic rings. The van der Waals surface area contributed by atoms with E-state index in [0.29, 0.717) is 19.8 Å². The number of phenolic OH excluding ortho intramolecular Hbond substituents is 1. The average Bonchev–Trinajstić information content (AvgIpc) is 2.66. The van der Waals surface area contributed by atoms with E-state index in [1.54, 1.807) is 14.2 Å². The lowest BCUT2D eigenvalue weighted by Crippen LogP contribution is -2.15. The van der Waals surface area contributed by atoms with Gasteiger partial charge in [-0.15, -0.1) is 0 Å². The first kappa shape index (κ1) is 21.3. The molecule has 0 aliphatic rings. The van der Waals surface area contributed by atoms with E-state index in [2.05, 4.69) is 32.9 Å². The molecule has 148 valence electrons. The summed E-state index contributed by atoms with van der Waals surface area (Å²) in [5.74, 6) is 1.12. The van der Waals surface area contributed by atoms with Crippen molar-refractivity contribution in [2.75, 3.05) is 20.8 Å². The van der Waals surface area contributed by atoms with Crippen LogP contribution in [0.1, 0.15) is 49.4 Å². The molecule has 0 saturated carbocycles. The topological polar surface area (TPSA) is 47.9 Å². The highest BCUT2D eigenvalue weighted by Gasteiger charge is 2.17. The van der Waals surface area contributed by atoms with Gasteiger partial charge in [-0.3, -0.25) is 0 Å². The van der Waals surface area contributed by atoms with E-state index in [4.69, 9.17) is 14.2 Å². The summed E-state index contributed by atoms with van der Waals surface area (Å²) in [6.45, 7) is 8.02. The van der Waals surface area contributed by atoms with E-state index in [1.807, 2.05) is 24.3 Å². The maximum absolute atomic E-state index is 10.3. The number of benzene rings is 2. The summed E-state index contributed by atoms with van der Waals surface area (Å²) in [6.07, 6.45) is 1.84. The summed E-state index contributed by atoms with van der Waals surface area (Å²) in [5.41, 5.74) is 4.14. The van der Waals surface area contributed by atoms with Gasteiger partial charge in [0.15, 0.2) is 0 Å². The lowest BCUT2D eigenvalue weighted by atomic mass is 9.82. The highest BCUT2D eigenvalue weighted by atomic mass is 16.5. The van der Waals surface area contributed by atoms with Crippen LogP contribution in [0.2, 0.25) is 0 Å². The van der Waals surface area contributed by atoms with Crippen LogP contribution in [0.15, 0.2) is 36.4 Å². The molecule has 4 nitrogen and oxygen atoms in total. The lowest BCUT2D eigenvalue weighted by molar-refractivity contribution is 0.174. The van der Waals surface area contributed by atoms with Gasteiger partial charge in [0.1, 0.15) is 11.5 Å². The van der Waals surface area contributed by atoms with E-state index in [9.17, 15) is 5.11 Å². The van der Waals surface area contributed by atoms with Gasteiger partial charge in [0.05, 0.1) is 19.8 Å². The molecule has 0 radical (unpaired) electrons. The van der Waals surface area contributed by atoms with Crippen molar-refractivity contribution in [3.05, 3.63) is 58.7 Å². The number of methoxy groups -OCH3 is 2. The van der Waals surface area contributed by atoms with E-state index in [1.165, 1.54) is 5.56 Å². The van der Waals surface area contributed by atoms with Crippen molar-refractivity contribution in [1.82, 2.24) is 0 Å². The molecule has 2 rings (SSSR count). The van der Waals surface area contributed by atoms with Crippen LogP contribution in [0.4, 0.5) is 0 Å². The number of ether oxygens (including phenoxy) is 3. The van der Waals surface area contributed by atoms with Crippen molar-refractivity contribution >= 4 is 0 Å². The van der Waals surface area contributed by atoms with E-state index < -0.39 is 0 Å². The summed E-state index contributed by atoms with van der Waals surface area (Å²) in [4.78, 5) is 0. The fourth-order valence-corrected chi connectivity index (χ4v) is 3.00. The Bertz CT molecular complexity index is 693. The Labute approximate surface area is 163 Å². The first-order chi connectivity index (χ1) is 12.9. The fourth-order valence-electron chi connectivity index (χ4n) is 3.00. The Morgan fingerprint density at radius 2 is 1.48 bits per heavy atom. The zero-order chi connectivity index (χ0) is 19.9. The first-order valence-electron chi connectivity index (χ1n) is 9.46. The van der Waals surface area contributed by atoms with Gasteiger partial charge in [0.2, 0.25) is 0 Å². The summed E-state index contributed by atoms with van der Waals surface area (Å²) < 4.78 is 16.3. The molecule has 0 heterocycles. The molecule has 0 saturated heterocycles. The van der Waals surface area contributed by atoms with E-state index in [-0.39, 0.29) is 11.2 Å².